The summed E-state index contributed by atoms with van der Waals surface area (Å²) in [6.45, 7) is 4.60. The smallest absolute Gasteiger partial charge is 0.139 e. The molecule has 50 valence electrons. The first-order chi connectivity index (χ1) is 4.39. The maximum Gasteiger partial charge on any atom is 0.139 e. The van der Waals surface area contributed by atoms with Gasteiger partial charge in [0.1, 0.15) is 25.7 Å². The van der Waals surface area contributed by atoms with Crippen LogP contribution in [0.2, 0.25) is 0 Å². The number of hydrogen-bond donors (Lipinski definition) is 0. The molecule has 2 heterocycles. The van der Waals surface area contributed by atoms with Gasteiger partial charge in [0.2, 0.25) is 0 Å². The van der Waals surface area contributed by atoms with Crippen molar-refractivity contribution in [2.24, 2.45) is 5.92 Å². The van der Waals surface area contributed by atoms with E-state index >= 15 is 0 Å². The molecule has 0 amide bonds. The molecule has 3 rings (SSSR count). The molecule has 0 aromatic rings. The zero-order chi connectivity index (χ0) is 5.90. The Morgan fingerprint density at radius 1 is 1.22 bits per heavy atom. The van der Waals surface area contributed by atoms with Crippen LogP contribution in [0.4, 0.5) is 0 Å². The van der Waals surface area contributed by atoms with Crippen molar-refractivity contribution >= 4 is 0 Å². The Hall–Kier alpha value is -0.0400. The van der Waals surface area contributed by atoms with Crippen LogP contribution in [0.3, 0.4) is 0 Å². The molecule has 0 N–H and O–H groups in total. The van der Waals surface area contributed by atoms with Gasteiger partial charge in [0, 0.05) is 6.42 Å². The molecule has 1 unspecified atom stereocenters. The molecule has 1 atom stereocenters. The van der Waals surface area contributed by atoms with E-state index in [-0.39, 0.29) is 0 Å². The summed E-state index contributed by atoms with van der Waals surface area (Å²) in [5, 5.41) is 0. The van der Waals surface area contributed by atoms with Crippen LogP contribution >= 0.6 is 0 Å². The van der Waals surface area contributed by atoms with Crippen LogP contribution in [-0.2, 0) is 0 Å². The predicted octanol–water partition coefficient (Wildman–Crippen LogP) is 0.999. The third-order valence-electron chi connectivity index (χ3n) is 3.32. The van der Waals surface area contributed by atoms with E-state index in [2.05, 4.69) is 0 Å². The van der Waals surface area contributed by atoms with E-state index in [9.17, 15) is 0 Å². The molecule has 3 aliphatic rings. The van der Waals surface area contributed by atoms with E-state index in [1.165, 1.54) is 19.0 Å². The molecule has 0 aromatic carbocycles. The van der Waals surface area contributed by atoms with Gasteiger partial charge in [-0.2, -0.15) is 0 Å². The highest BCUT2D eigenvalue weighted by Gasteiger charge is 2.65. The van der Waals surface area contributed by atoms with E-state index in [0.29, 0.717) is 0 Å². The predicted molar refractivity (Wildman–Crippen MR) is 36.0 cm³/mol. The fraction of sp³-hybridized carbons (Fsp3) is 1.00. The van der Waals surface area contributed by atoms with Crippen molar-refractivity contribution in [1.29, 1.82) is 0 Å². The molecular formula is C8H14N+. The Morgan fingerprint density at radius 2 is 2.00 bits per heavy atom. The molecule has 9 heavy (non-hydrogen) atoms. The lowest BCUT2D eigenvalue weighted by atomic mass is 10.2. The highest BCUT2D eigenvalue weighted by molar-refractivity contribution is 4.88. The van der Waals surface area contributed by atoms with Gasteiger partial charge in [0.15, 0.2) is 0 Å². The van der Waals surface area contributed by atoms with Gasteiger partial charge in [-0.25, -0.2) is 0 Å². The SMILES string of the molecule is C1CC1CC1C[N+]12CC2. The topological polar surface area (TPSA) is 0 Å². The van der Waals surface area contributed by atoms with Crippen molar-refractivity contribution in [3.63, 3.8) is 0 Å². The summed E-state index contributed by atoms with van der Waals surface area (Å²) < 4.78 is 1.55. The molecule has 0 bridgehead atoms. The van der Waals surface area contributed by atoms with Crippen molar-refractivity contribution < 1.29 is 4.48 Å². The molecule has 0 radical (unpaired) electrons. The summed E-state index contributed by atoms with van der Waals surface area (Å²) in [5.41, 5.74) is 0. The fourth-order valence-corrected chi connectivity index (χ4v) is 2.09. The fourth-order valence-electron chi connectivity index (χ4n) is 2.09. The number of nitrogens with zero attached hydrogens (tertiary/aromatic N) is 1. The molecule has 1 heteroatoms. The van der Waals surface area contributed by atoms with Gasteiger partial charge in [-0.1, -0.05) is 0 Å². The molecule has 2 aliphatic heterocycles. The average Bonchev–Trinajstić information content (AvgIpc) is 2.63. The molecule has 1 spiro atoms. The van der Waals surface area contributed by atoms with Gasteiger partial charge in [0.05, 0.1) is 0 Å². The average molecular weight is 124 g/mol. The highest BCUT2D eigenvalue weighted by Crippen LogP contribution is 2.47. The molecule has 1 aliphatic carbocycles. The number of hydrogen-bond acceptors (Lipinski definition) is 0. The number of rotatable bonds is 2. The van der Waals surface area contributed by atoms with E-state index < -0.39 is 0 Å². The van der Waals surface area contributed by atoms with Gasteiger partial charge in [0.25, 0.3) is 0 Å². The van der Waals surface area contributed by atoms with Crippen LogP contribution in [0.15, 0.2) is 0 Å². The second-order valence-corrected chi connectivity index (χ2v) is 4.18. The van der Waals surface area contributed by atoms with Crippen LogP contribution in [-0.4, -0.2) is 30.2 Å². The molecule has 0 aromatic heterocycles. The van der Waals surface area contributed by atoms with Gasteiger partial charge >= 0.3 is 0 Å². The Labute approximate surface area is 56.2 Å². The molecule has 1 saturated carbocycles. The summed E-state index contributed by atoms with van der Waals surface area (Å²) in [6.07, 6.45) is 4.69. The van der Waals surface area contributed by atoms with E-state index in [0.717, 1.165) is 6.04 Å². The van der Waals surface area contributed by atoms with Crippen molar-refractivity contribution in [2.45, 2.75) is 25.3 Å². The molecule has 1 nitrogen and oxygen atoms in total. The number of quaternary nitrogens is 1. The van der Waals surface area contributed by atoms with Crippen LogP contribution in [0.25, 0.3) is 0 Å². The third-order valence-corrected chi connectivity index (χ3v) is 3.32. The second kappa shape index (κ2) is 1.20. The van der Waals surface area contributed by atoms with Crippen LogP contribution in [0, 0.1) is 5.92 Å². The normalized spacial score (nSPS) is 43.3. The second-order valence-electron chi connectivity index (χ2n) is 4.18. The van der Waals surface area contributed by atoms with Crippen molar-refractivity contribution in [3.05, 3.63) is 0 Å². The minimum absolute atomic E-state index is 1.15. The zero-order valence-electron chi connectivity index (χ0n) is 5.84. The van der Waals surface area contributed by atoms with Gasteiger partial charge < -0.3 is 4.48 Å². The minimum atomic E-state index is 1.15. The molecule has 2 saturated heterocycles. The van der Waals surface area contributed by atoms with Crippen molar-refractivity contribution in [3.8, 4) is 0 Å². The van der Waals surface area contributed by atoms with Crippen molar-refractivity contribution in [1.82, 2.24) is 0 Å². The lowest BCUT2D eigenvalue weighted by Gasteiger charge is -1.90. The Kier molecular flexibility index (Phi) is 0.628. The van der Waals surface area contributed by atoms with Crippen molar-refractivity contribution in [2.75, 3.05) is 19.6 Å². The highest BCUT2D eigenvalue weighted by atomic mass is 15.6. The summed E-state index contributed by atoms with van der Waals surface area (Å²) in [7, 11) is 0. The Morgan fingerprint density at radius 3 is 2.44 bits per heavy atom. The first-order valence-electron chi connectivity index (χ1n) is 4.25. The lowest BCUT2D eigenvalue weighted by Crippen LogP contribution is -1.99. The Balaban J connectivity index is 1.58. The van der Waals surface area contributed by atoms with Crippen LogP contribution in [0.5, 0.6) is 0 Å². The summed E-state index contributed by atoms with van der Waals surface area (Å²) in [6, 6.07) is 1.15. The van der Waals surface area contributed by atoms with E-state index in [4.69, 9.17) is 0 Å². The van der Waals surface area contributed by atoms with Gasteiger partial charge in [-0.15, -0.1) is 0 Å². The van der Waals surface area contributed by atoms with Crippen LogP contribution in [0.1, 0.15) is 19.3 Å². The molecular weight excluding hydrogens is 110 g/mol. The lowest BCUT2D eigenvalue weighted by molar-refractivity contribution is -0.666. The quantitative estimate of drug-likeness (QED) is 0.380. The maximum atomic E-state index is 1.58. The first-order valence-corrected chi connectivity index (χ1v) is 4.25. The minimum Gasteiger partial charge on any atom is -0.302 e. The third kappa shape index (κ3) is 0.644. The monoisotopic (exact) mass is 124 g/mol. The summed E-state index contributed by atoms with van der Waals surface area (Å²) >= 11 is 0. The van der Waals surface area contributed by atoms with E-state index in [1.807, 2.05) is 0 Å². The van der Waals surface area contributed by atoms with Gasteiger partial charge in [-0.05, 0) is 18.8 Å². The first kappa shape index (κ1) is 4.73. The summed E-state index contributed by atoms with van der Waals surface area (Å²) in [5.74, 6) is 1.17. The Bertz CT molecular complexity index is 145. The maximum absolute atomic E-state index is 1.58. The molecule has 3 fully saturated rings. The van der Waals surface area contributed by atoms with Gasteiger partial charge in [-0.3, -0.25) is 0 Å². The summed E-state index contributed by atoms with van der Waals surface area (Å²) in [4.78, 5) is 0. The largest absolute Gasteiger partial charge is 0.302 e. The standard InChI is InChI=1S/C8H14N/c1-2-7(1)5-8-6-9(8)3-4-9/h7-8H,1-6H2/q+1. The zero-order valence-corrected chi connectivity index (χ0v) is 5.84. The van der Waals surface area contributed by atoms with E-state index in [1.54, 1.807) is 30.3 Å². The van der Waals surface area contributed by atoms with Crippen LogP contribution < -0.4 is 0 Å².